The van der Waals surface area contributed by atoms with E-state index in [1.54, 1.807) is 0 Å². The SMILES string of the molecule is NCCCCCOc1cccc(CO)c1. The molecule has 0 aliphatic heterocycles. The molecule has 0 aliphatic rings. The Kier molecular flexibility index (Phi) is 5.81. The minimum atomic E-state index is 0.0599. The number of hydrogen-bond acceptors (Lipinski definition) is 3. The quantitative estimate of drug-likeness (QED) is 0.672. The molecule has 0 amide bonds. The highest BCUT2D eigenvalue weighted by Crippen LogP contribution is 2.13. The monoisotopic (exact) mass is 209 g/mol. The number of aliphatic hydroxyl groups is 1. The first kappa shape index (κ1) is 12.0. The Morgan fingerprint density at radius 2 is 2.07 bits per heavy atom. The molecule has 0 spiro atoms. The molecule has 3 N–H and O–H groups in total. The van der Waals surface area contributed by atoms with Crippen LogP contribution in [0.1, 0.15) is 24.8 Å². The predicted octanol–water partition coefficient (Wildman–Crippen LogP) is 1.69. The van der Waals surface area contributed by atoms with E-state index in [9.17, 15) is 0 Å². The average molecular weight is 209 g/mol. The highest BCUT2D eigenvalue weighted by molar-refractivity contribution is 5.27. The van der Waals surface area contributed by atoms with Crippen molar-refractivity contribution in [3.63, 3.8) is 0 Å². The molecule has 0 radical (unpaired) electrons. The van der Waals surface area contributed by atoms with E-state index in [0.717, 1.165) is 43.7 Å². The zero-order chi connectivity index (χ0) is 10.9. The van der Waals surface area contributed by atoms with Gasteiger partial charge in [-0.25, -0.2) is 0 Å². The number of nitrogens with two attached hydrogens (primary N) is 1. The molecule has 0 aliphatic carbocycles. The third-order valence-corrected chi connectivity index (χ3v) is 2.20. The summed E-state index contributed by atoms with van der Waals surface area (Å²) in [5.41, 5.74) is 6.27. The molecule has 1 rings (SSSR count). The Morgan fingerprint density at radius 1 is 1.20 bits per heavy atom. The van der Waals surface area contributed by atoms with Crippen molar-refractivity contribution >= 4 is 0 Å². The topological polar surface area (TPSA) is 55.5 Å². The van der Waals surface area contributed by atoms with Gasteiger partial charge in [-0.05, 0) is 43.5 Å². The zero-order valence-corrected chi connectivity index (χ0v) is 8.98. The first-order valence-electron chi connectivity index (χ1n) is 5.39. The number of rotatable bonds is 7. The predicted molar refractivity (Wildman–Crippen MR) is 60.8 cm³/mol. The molecule has 3 nitrogen and oxygen atoms in total. The van der Waals surface area contributed by atoms with E-state index in [1.807, 2.05) is 24.3 Å². The Hall–Kier alpha value is -1.06. The Morgan fingerprint density at radius 3 is 2.80 bits per heavy atom. The molecule has 1 aromatic carbocycles. The van der Waals surface area contributed by atoms with Crippen LogP contribution >= 0.6 is 0 Å². The lowest BCUT2D eigenvalue weighted by Crippen LogP contribution is -2.01. The van der Waals surface area contributed by atoms with Crippen LogP contribution in [0.4, 0.5) is 0 Å². The third kappa shape index (κ3) is 4.81. The van der Waals surface area contributed by atoms with Crippen LogP contribution < -0.4 is 10.5 Å². The van der Waals surface area contributed by atoms with Gasteiger partial charge in [0, 0.05) is 0 Å². The van der Waals surface area contributed by atoms with Gasteiger partial charge in [0.15, 0.2) is 0 Å². The van der Waals surface area contributed by atoms with Gasteiger partial charge < -0.3 is 15.6 Å². The molecule has 0 unspecified atom stereocenters. The Labute approximate surface area is 90.9 Å². The Balaban J connectivity index is 2.24. The van der Waals surface area contributed by atoms with Crippen LogP contribution in [0.25, 0.3) is 0 Å². The van der Waals surface area contributed by atoms with Crippen LogP contribution in [0.3, 0.4) is 0 Å². The van der Waals surface area contributed by atoms with Gasteiger partial charge in [0.2, 0.25) is 0 Å². The van der Waals surface area contributed by atoms with Crippen molar-refractivity contribution in [2.45, 2.75) is 25.9 Å². The van der Waals surface area contributed by atoms with Gasteiger partial charge in [0.1, 0.15) is 5.75 Å². The molecular weight excluding hydrogens is 190 g/mol. The number of aliphatic hydroxyl groups excluding tert-OH is 1. The largest absolute Gasteiger partial charge is 0.494 e. The highest BCUT2D eigenvalue weighted by Gasteiger charge is 1.95. The fraction of sp³-hybridized carbons (Fsp3) is 0.500. The summed E-state index contributed by atoms with van der Waals surface area (Å²) in [6, 6.07) is 7.53. The standard InChI is InChI=1S/C12H19NO2/c13-7-2-1-3-8-15-12-6-4-5-11(9-12)10-14/h4-6,9,14H,1-3,7-8,10,13H2. The summed E-state index contributed by atoms with van der Waals surface area (Å²) in [7, 11) is 0. The first-order valence-corrected chi connectivity index (χ1v) is 5.39. The summed E-state index contributed by atoms with van der Waals surface area (Å²) in [4.78, 5) is 0. The lowest BCUT2D eigenvalue weighted by molar-refractivity contribution is 0.278. The normalized spacial score (nSPS) is 10.3. The fourth-order valence-electron chi connectivity index (χ4n) is 1.35. The summed E-state index contributed by atoms with van der Waals surface area (Å²) in [5.74, 6) is 0.828. The summed E-state index contributed by atoms with van der Waals surface area (Å²) in [6.07, 6.45) is 3.19. The lowest BCUT2D eigenvalue weighted by Gasteiger charge is -2.06. The maximum Gasteiger partial charge on any atom is 0.119 e. The number of hydrogen-bond donors (Lipinski definition) is 2. The smallest absolute Gasteiger partial charge is 0.119 e. The second-order valence-electron chi connectivity index (χ2n) is 3.50. The molecule has 0 saturated carbocycles. The van der Waals surface area contributed by atoms with Crippen LogP contribution in [-0.2, 0) is 6.61 Å². The highest BCUT2D eigenvalue weighted by atomic mass is 16.5. The summed E-state index contributed by atoms with van der Waals surface area (Å²) in [5, 5.41) is 8.93. The zero-order valence-electron chi connectivity index (χ0n) is 8.98. The number of unbranched alkanes of at least 4 members (excludes halogenated alkanes) is 2. The fourth-order valence-corrected chi connectivity index (χ4v) is 1.35. The van der Waals surface area contributed by atoms with E-state index in [-0.39, 0.29) is 6.61 Å². The van der Waals surface area contributed by atoms with Crippen molar-refractivity contribution in [3.8, 4) is 5.75 Å². The molecule has 15 heavy (non-hydrogen) atoms. The minimum Gasteiger partial charge on any atom is -0.494 e. The summed E-state index contributed by atoms with van der Waals surface area (Å²) >= 11 is 0. The van der Waals surface area contributed by atoms with E-state index in [2.05, 4.69) is 0 Å². The van der Waals surface area contributed by atoms with Crippen LogP contribution in [0.5, 0.6) is 5.75 Å². The van der Waals surface area contributed by atoms with Gasteiger partial charge in [-0.3, -0.25) is 0 Å². The second kappa shape index (κ2) is 7.26. The summed E-state index contributed by atoms with van der Waals surface area (Å²) < 4.78 is 5.54. The van der Waals surface area contributed by atoms with Crippen molar-refractivity contribution in [2.75, 3.05) is 13.2 Å². The summed E-state index contributed by atoms with van der Waals surface area (Å²) in [6.45, 7) is 1.53. The number of ether oxygens (including phenoxy) is 1. The van der Waals surface area contributed by atoms with Gasteiger partial charge >= 0.3 is 0 Å². The van der Waals surface area contributed by atoms with Gasteiger partial charge in [0.05, 0.1) is 13.2 Å². The lowest BCUT2D eigenvalue weighted by atomic mass is 10.2. The maximum atomic E-state index is 8.93. The van der Waals surface area contributed by atoms with Crippen molar-refractivity contribution in [3.05, 3.63) is 29.8 Å². The molecule has 0 heterocycles. The molecule has 0 atom stereocenters. The van der Waals surface area contributed by atoms with Crippen molar-refractivity contribution in [1.82, 2.24) is 0 Å². The molecule has 1 aromatic rings. The molecule has 0 bridgehead atoms. The van der Waals surface area contributed by atoms with E-state index >= 15 is 0 Å². The van der Waals surface area contributed by atoms with Crippen molar-refractivity contribution < 1.29 is 9.84 Å². The van der Waals surface area contributed by atoms with E-state index < -0.39 is 0 Å². The molecular formula is C12H19NO2. The third-order valence-electron chi connectivity index (χ3n) is 2.20. The number of benzene rings is 1. The Bertz CT molecular complexity index is 276. The molecule has 0 aromatic heterocycles. The van der Waals surface area contributed by atoms with Crippen molar-refractivity contribution in [1.29, 1.82) is 0 Å². The van der Waals surface area contributed by atoms with Crippen LogP contribution in [-0.4, -0.2) is 18.3 Å². The van der Waals surface area contributed by atoms with E-state index in [4.69, 9.17) is 15.6 Å². The molecule has 0 fully saturated rings. The molecule has 0 saturated heterocycles. The average Bonchev–Trinajstić information content (AvgIpc) is 2.29. The van der Waals surface area contributed by atoms with E-state index in [0.29, 0.717) is 0 Å². The molecule has 3 heteroatoms. The maximum absolute atomic E-state index is 8.93. The van der Waals surface area contributed by atoms with Crippen LogP contribution in [0.15, 0.2) is 24.3 Å². The molecule has 84 valence electrons. The van der Waals surface area contributed by atoms with Gasteiger partial charge in [-0.15, -0.1) is 0 Å². The van der Waals surface area contributed by atoms with E-state index in [1.165, 1.54) is 0 Å². The van der Waals surface area contributed by atoms with Crippen LogP contribution in [0.2, 0.25) is 0 Å². The minimum absolute atomic E-state index is 0.0599. The van der Waals surface area contributed by atoms with Gasteiger partial charge in [0.25, 0.3) is 0 Å². The van der Waals surface area contributed by atoms with Gasteiger partial charge in [-0.2, -0.15) is 0 Å². The second-order valence-corrected chi connectivity index (χ2v) is 3.50. The first-order chi connectivity index (χ1) is 7.36. The van der Waals surface area contributed by atoms with Crippen molar-refractivity contribution in [2.24, 2.45) is 5.73 Å². The van der Waals surface area contributed by atoms with Gasteiger partial charge in [-0.1, -0.05) is 12.1 Å². The van der Waals surface area contributed by atoms with Crippen LogP contribution in [0, 0.1) is 0 Å².